The smallest absolute Gasteiger partial charge is 0.120 e. The Balaban J connectivity index is 2.11. The Morgan fingerprint density at radius 2 is 2.22 bits per heavy atom. The molecule has 2 rings (SSSR count). The number of aromatic nitrogens is 1. The van der Waals surface area contributed by atoms with Crippen molar-refractivity contribution in [2.75, 3.05) is 5.32 Å². The van der Waals surface area contributed by atoms with Crippen LogP contribution in [0, 0.1) is 14.9 Å². The van der Waals surface area contributed by atoms with E-state index in [2.05, 4.69) is 34.0 Å². The Kier molecular flexibility index (Phi) is 4.15. The van der Waals surface area contributed by atoms with Crippen molar-refractivity contribution in [2.24, 2.45) is 7.05 Å². The molecule has 0 aliphatic rings. The maximum absolute atomic E-state index is 8.88. The average Bonchev–Trinajstić information content (AvgIpc) is 2.71. The van der Waals surface area contributed by atoms with E-state index in [9.17, 15) is 0 Å². The number of anilines is 1. The summed E-state index contributed by atoms with van der Waals surface area (Å²) in [4.78, 5) is 0. The summed E-state index contributed by atoms with van der Waals surface area (Å²) in [5, 5.41) is 12.9. The van der Waals surface area contributed by atoms with Crippen LogP contribution in [0.15, 0.2) is 30.5 Å². The summed E-state index contributed by atoms with van der Waals surface area (Å²) in [5.74, 6) is 0. The zero-order valence-corrected chi connectivity index (χ0v) is 12.7. The molecular formula is C13H11ClIN3. The first-order valence-corrected chi connectivity index (χ1v) is 6.80. The van der Waals surface area contributed by atoms with E-state index in [1.165, 1.54) is 0 Å². The summed E-state index contributed by atoms with van der Waals surface area (Å²) in [5.41, 5.74) is 2.62. The molecule has 0 unspecified atom stereocenters. The van der Waals surface area contributed by atoms with Gasteiger partial charge in [-0.2, -0.15) is 5.26 Å². The molecule has 0 fully saturated rings. The molecule has 1 aromatic carbocycles. The van der Waals surface area contributed by atoms with Gasteiger partial charge in [-0.1, -0.05) is 11.6 Å². The molecule has 2 aromatic rings. The summed E-state index contributed by atoms with van der Waals surface area (Å²) in [6, 6.07) is 9.84. The van der Waals surface area contributed by atoms with Gasteiger partial charge in [0.1, 0.15) is 11.8 Å². The van der Waals surface area contributed by atoms with Gasteiger partial charge in [0, 0.05) is 23.4 Å². The third-order valence-corrected chi connectivity index (χ3v) is 3.59. The highest BCUT2D eigenvalue weighted by Crippen LogP contribution is 2.24. The molecule has 1 aromatic heterocycles. The van der Waals surface area contributed by atoms with Crippen molar-refractivity contribution in [1.29, 1.82) is 5.26 Å². The molecule has 0 saturated carbocycles. The van der Waals surface area contributed by atoms with Crippen molar-refractivity contribution in [2.45, 2.75) is 6.54 Å². The third kappa shape index (κ3) is 2.98. The molecule has 0 aliphatic heterocycles. The van der Waals surface area contributed by atoms with Crippen LogP contribution < -0.4 is 5.32 Å². The minimum Gasteiger partial charge on any atom is -0.380 e. The number of halogens is 2. The summed E-state index contributed by atoms with van der Waals surface area (Å²) in [6.07, 6.45) is 1.94. The van der Waals surface area contributed by atoms with Gasteiger partial charge in [-0.3, -0.25) is 0 Å². The largest absolute Gasteiger partial charge is 0.380 e. The second-order valence-electron chi connectivity index (χ2n) is 3.93. The van der Waals surface area contributed by atoms with Crippen LogP contribution in [0.2, 0.25) is 5.02 Å². The second-order valence-corrected chi connectivity index (χ2v) is 5.59. The normalized spacial score (nSPS) is 10.1. The summed E-state index contributed by atoms with van der Waals surface area (Å²) in [6.45, 7) is 0.648. The van der Waals surface area contributed by atoms with Crippen molar-refractivity contribution >= 4 is 39.9 Å². The molecular weight excluding hydrogens is 361 g/mol. The number of nitriles is 1. The lowest BCUT2D eigenvalue weighted by atomic mass is 10.3. The van der Waals surface area contributed by atoms with Gasteiger partial charge >= 0.3 is 0 Å². The Morgan fingerprint density at radius 1 is 1.44 bits per heavy atom. The van der Waals surface area contributed by atoms with Crippen molar-refractivity contribution in [3.8, 4) is 6.07 Å². The molecule has 18 heavy (non-hydrogen) atoms. The van der Waals surface area contributed by atoms with Gasteiger partial charge in [0.05, 0.1) is 10.7 Å². The fraction of sp³-hybridized carbons (Fsp3) is 0.154. The van der Waals surface area contributed by atoms with Crippen LogP contribution in [0.25, 0.3) is 0 Å². The third-order valence-electron chi connectivity index (χ3n) is 2.59. The summed E-state index contributed by atoms with van der Waals surface area (Å²) < 4.78 is 2.94. The molecule has 0 saturated heterocycles. The van der Waals surface area contributed by atoms with Crippen LogP contribution in [0.4, 0.5) is 5.69 Å². The standard InChI is InChI=1S/C13H11ClIN3/c1-18-8-9(4-11(18)6-16)7-17-13-5-10(15)2-3-12(13)14/h2-5,8,17H,7H2,1H3. The van der Waals surface area contributed by atoms with E-state index >= 15 is 0 Å². The molecule has 0 spiro atoms. The number of benzene rings is 1. The number of hydrogen-bond acceptors (Lipinski definition) is 2. The van der Waals surface area contributed by atoms with E-state index < -0.39 is 0 Å². The van der Waals surface area contributed by atoms with Crippen LogP contribution in [0.1, 0.15) is 11.3 Å². The summed E-state index contributed by atoms with van der Waals surface area (Å²) in [7, 11) is 1.86. The first-order chi connectivity index (χ1) is 8.60. The molecule has 1 N–H and O–H groups in total. The average molecular weight is 372 g/mol. The Labute approximate surface area is 125 Å². The van der Waals surface area contributed by atoms with Crippen molar-refractivity contribution in [1.82, 2.24) is 4.57 Å². The number of nitrogens with zero attached hydrogens (tertiary/aromatic N) is 2. The van der Waals surface area contributed by atoms with Gasteiger partial charge in [0.15, 0.2) is 0 Å². The SMILES string of the molecule is Cn1cc(CNc2cc(I)ccc2Cl)cc1C#N. The lowest BCUT2D eigenvalue weighted by Gasteiger charge is -2.07. The van der Waals surface area contributed by atoms with Gasteiger partial charge < -0.3 is 9.88 Å². The summed E-state index contributed by atoms with van der Waals surface area (Å²) >= 11 is 8.35. The van der Waals surface area contributed by atoms with Gasteiger partial charge in [0.2, 0.25) is 0 Å². The lowest BCUT2D eigenvalue weighted by Crippen LogP contribution is -1.99. The molecule has 5 heteroatoms. The number of nitrogens with one attached hydrogen (secondary N) is 1. The molecule has 1 heterocycles. The molecule has 0 amide bonds. The monoisotopic (exact) mass is 371 g/mol. The Morgan fingerprint density at radius 3 is 2.89 bits per heavy atom. The number of hydrogen-bond donors (Lipinski definition) is 1. The topological polar surface area (TPSA) is 40.8 Å². The van der Waals surface area contributed by atoms with Crippen LogP contribution in [0.3, 0.4) is 0 Å². The molecule has 0 aliphatic carbocycles. The van der Waals surface area contributed by atoms with Crippen LogP contribution in [-0.4, -0.2) is 4.57 Å². The molecule has 92 valence electrons. The van der Waals surface area contributed by atoms with Gasteiger partial charge in [-0.25, -0.2) is 0 Å². The number of aryl methyl sites for hydroxylation is 1. The number of rotatable bonds is 3. The van der Waals surface area contributed by atoms with Gasteiger partial charge in [0.25, 0.3) is 0 Å². The fourth-order valence-corrected chi connectivity index (χ4v) is 2.35. The minimum absolute atomic E-state index is 0.648. The minimum atomic E-state index is 0.648. The predicted molar refractivity (Wildman–Crippen MR) is 81.6 cm³/mol. The van der Waals surface area contributed by atoms with E-state index in [1.807, 2.05) is 42.1 Å². The zero-order chi connectivity index (χ0) is 13.1. The van der Waals surface area contributed by atoms with E-state index in [4.69, 9.17) is 16.9 Å². The van der Waals surface area contributed by atoms with Crippen molar-refractivity contribution in [3.63, 3.8) is 0 Å². The molecule has 0 atom stereocenters. The predicted octanol–water partition coefficient (Wildman–Crippen LogP) is 3.77. The highest BCUT2D eigenvalue weighted by molar-refractivity contribution is 14.1. The van der Waals surface area contributed by atoms with Crippen LogP contribution >= 0.6 is 34.2 Å². The first kappa shape index (κ1) is 13.2. The van der Waals surface area contributed by atoms with Crippen LogP contribution in [-0.2, 0) is 13.6 Å². The lowest BCUT2D eigenvalue weighted by molar-refractivity contribution is 0.902. The van der Waals surface area contributed by atoms with Crippen molar-refractivity contribution in [3.05, 3.63) is 50.3 Å². The van der Waals surface area contributed by atoms with Crippen LogP contribution in [0.5, 0.6) is 0 Å². The zero-order valence-electron chi connectivity index (χ0n) is 9.74. The van der Waals surface area contributed by atoms with E-state index in [1.54, 1.807) is 0 Å². The molecule has 0 radical (unpaired) electrons. The maximum Gasteiger partial charge on any atom is 0.120 e. The van der Waals surface area contributed by atoms with E-state index in [0.717, 1.165) is 14.8 Å². The van der Waals surface area contributed by atoms with Crippen molar-refractivity contribution < 1.29 is 0 Å². The van der Waals surface area contributed by atoms with Gasteiger partial charge in [-0.15, -0.1) is 0 Å². The quantitative estimate of drug-likeness (QED) is 0.835. The Hall–Kier alpha value is -1.19. The highest BCUT2D eigenvalue weighted by Gasteiger charge is 2.04. The van der Waals surface area contributed by atoms with E-state index in [0.29, 0.717) is 17.3 Å². The second kappa shape index (κ2) is 5.63. The Bertz CT molecular complexity index is 613. The van der Waals surface area contributed by atoms with E-state index in [-0.39, 0.29) is 0 Å². The fourth-order valence-electron chi connectivity index (χ4n) is 1.67. The van der Waals surface area contributed by atoms with Gasteiger partial charge in [-0.05, 0) is 52.4 Å². The first-order valence-electron chi connectivity index (χ1n) is 5.34. The highest BCUT2D eigenvalue weighted by atomic mass is 127. The molecule has 0 bridgehead atoms. The maximum atomic E-state index is 8.88. The molecule has 3 nitrogen and oxygen atoms in total.